The van der Waals surface area contributed by atoms with Gasteiger partial charge in [-0.3, -0.25) is 4.79 Å². The van der Waals surface area contributed by atoms with E-state index in [0.29, 0.717) is 18.5 Å². The van der Waals surface area contributed by atoms with Gasteiger partial charge in [0.1, 0.15) is 5.82 Å². The Bertz CT molecular complexity index is 416. The molecule has 1 saturated carbocycles. The van der Waals surface area contributed by atoms with Crippen LogP contribution in [0.4, 0.5) is 4.39 Å². The van der Waals surface area contributed by atoms with Crippen LogP contribution >= 0.6 is 0 Å². The van der Waals surface area contributed by atoms with Gasteiger partial charge in [0.05, 0.1) is 0 Å². The zero-order valence-electron chi connectivity index (χ0n) is 10.6. The van der Waals surface area contributed by atoms with E-state index in [-0.39, 0.29) is 11.7 Å². The number of carbonyl (C=O) groups excluding carboxylic acids is 1. The molecule has 0 saturated heterocycles. The number of carbonyl (C=O) groups is 1. The van der Waals surface area contributed by atoms with Crippen LogP contribution in [0.5, 0.6) is 0 Å². The van der Waals surface area contributed by atoms with E-state index in [9.17, 15) is 9.18 Å². The lowest BCUT2D eigenvalue weighted by molar-refractivity contribution is -0.118. The van der Waals surface area contributed by atoms with E-state index in [1.807, 2.05) is 12.1 Å². The Morgan fingerprint density at radius 3 is 2.72 bits per heavy atom. The average molecular weight is 250 g/mol. The van der Waals surface area contributed by atoms with Crippen LogP contribution in [-0.2, 0) is 4.79 Å². The Labute approximate surface area is 107 Å². The molecular formula is C14H19FN2O. The highest BCUT2D eigenvalue weighted by Crippen LogP contribution is 2.37. The first-order chi connectivity index (χ1) is 8.66. The van der Waals surface area contributed by atoms with Gasteiger partial charge >= 0.3 is 0 Å². The molecule has 0 heterocycles. The summed E-state index contributed by atoms with van der Waals surface area (Å²) in [5.74, 6) is 0.235. The van der Waals surface area contributed by atoms with Crippen molar-refractivity contribution in [1.29, 1.82) is 0 Å². The third-order valence-corrected chi connectivity index (χ3v) is 3.42. The fourth-order valence-electron chi connectivity index (χ4n) is 2.36. The van der Waals surface area contributed by atoms with Crippen LogP contribution in [0.15, 0.2) is 24.3 Å². The predicted molar refractivity (Wildman–Crippen MR) is 68.8 cm³/mol. The Kier molecular flexibility index (Phi) is 4.31. The van der Waals surface area contributed by atoms with E-state index in [1.165, 1.54) is 13.0 Å². The zero-order valence-corrected chi connectivity index (χ0v) is 10.6. The molecule has 1 aliphatic rings. The van der Waals surface area contributed by atoms with E-state index >= 15 is 0 Å². The van der Waals surface area contributed by atoms with Gasteiger partial charge in [-0.25, -0.2) is 4.39 Å². The molecule has 0 atom stereocenters. The number of hydrogen-bond donors (Lipinski definition) is 2. The second-order valence-corrected chi connectivity index (χ2v) is 4.82. The van der Waals surface area contributed by atoms with Crippen LogP contribution in [0.25, 0.3) is 0 Å². The predicted octanol–water partition coefficient (Wildman–Crippen LogP) is 1.80. The number of halogens is 1. The summed E-state index contributed by atoms with van der Waals surface area (Å²) in [5, 5.41) is 6.10. The second kappa shape index (κ2) is 5.96. The molecule has 1 amide bonds. The van der Waals surface area contributed by atoms with Crippen LogP contribution in [0.2, 0.25) is 0 Å². The monoisotopic (exact) mass is 250 g/mol. The first-order valence-corrected chi connectivity index (χ1v) is 6.39. The van der Waals surface area contributed by atoms with E-state index in [2.05, 4.69) is 10.6 Å². The van der Waals surface area contributed by atoms with Gasteiger partial charge in [-0.1, -0.05) is 18.2 Å². The van der Waals surface area contributed by atoms with Crippen molar-refractivity contribution >= 4 is 5.91 Å². The minimum Gasteiger partial charge on any atom is -0.355 e. The van der Waals surface area contributed by atoms with Crippen LogP contribution in [-0.4, -0.2) is 25.0 Å². The summed E-state index contributed by atoms with van der Waals surface area (Å²) in [7, 11) is 0. The highest BCUT2D eigenvalue weighted by Gasteiger charge is 2.31. The largest absolute Gasteiger partial charge is 0.355 e. The van der Waals surface area contributed by atoms with Gasteiger partial charge in [0.25, 0.3) is 0 Å². The van der Waals surface area contributed by atoms with Crippen molar-refractivity contribution in [2.24, 2.45) is 0 Å². The zero-order chi connectivity index (χ0) is 13.0. The molecule has 2 N–H and O–H groups in total. The van der Waals surface area contributed by atoms with E-state index < -0.39 is 0 Å². The van der Waals surface area contributed by atoms with Gasteiger partial charge < -0.3 is 10.6 Å². The summed E-state index contributed by atoms with van der Waals surface area (Å²) in [6.07, 6.45) is 1.95. The molecule has 4 heteroatoms. The Morgan fingerprint density at radius 2 is 2.06 bits per heavy atom. The van der Waals surface area contributed by atoms with Crippen molar-refractivity contribution < 1.29 is 9.18 Å². The smallest absolute Gasteiger partial charge is 0.216 e. The van der Waals surface area contributed by atoms with Crippen molar-refractivity contribution in [3.8, 4) is 0 Å². The molecule has 18 heavy (non-hydrogen) atoms. The molecule has 1 aromatic carbocycles. The summed E-state index contributed by atoms with van der Waals surface area (Å²) in [5.41, 5.74) is 0.831. The maximum Gasteiger partial charge on any atom is 0.216 e. The quantitative estimate of drug-likeness (QED) is 0.782. The lowest BCUT2D eigenvalue weighted by Gasteiger charge is -2.36. The minimum atomic E-state index is -0.0980. The van der Waals surface area contributed by atoms with E-state index in [4.69, 9.17) is 0 Å². The third-order valence-electron chi connectivity index (χ3n) is 3.42. The summed E-state index contributed by atoms with van der Waals surface area (Å²) in [4.78, 5) is 10.7. The average Bonchev–Trinajstić information content (AvgIpc) is 2.28. The van der Waals surface area contributed by atoms with Crippen molar-refractivity contribution in [3.63, 3.8) is 0 Å². The second-order valence-electron chi connectivity index (χ2n) is 4.82. The van der Waals surface area contributed by atoms with Gasteiger partial charge in [0.15, 0.2) is 0 Å². The topological polar surface area (TPSA) is 41.1 Å². The van der Waals surface area contributed by atoms with Crippen molar-refractivity contribution in [3.05, 3.63) is 35.6 Å². The number of nitrogens with one attached hydrogen (secondary N) is 2. The maximum absolute atomic E-state index is 13.5. The van der Waals surface area contributed by atoms with Crippen molar-refractivity contribution in [1.82, 2.24) is 10.6 Å². The molecule has 0 spiro atoms. The summed E-state index contributed by atoms with van der Waals surface area (Å²) < 4.78 is 13.5. The summed E-state index contributed by atoms with van der Waals surface area (Å²) in [6, 6.07) is 7.44. The van der Waals surface area contributed by atoms with Crippen molar-refractivity contribution in [2.45, 2.75) is 31.7 Å². The van der Waals surface area contributed by atoms with Crippen LogP contribution in [0.1, 0.15) is 31.2 Å². The lowest BCUT2D eigenvalue weighted by atomic mass is 9.75. The standard InChI is InChI=1S/C14H19FN2O/c1-10(18)16-6-7-17-12-8-11(9-12)13-4-2-3-5-14(13)15/h2-5,11-12,17H,6-9H2,1H3,(H,16,18). The van der Waals surface area contributed by atoms with E-state index in [0.717, 1.165) is 24.9 Å². The van der Waals surface area contributed by atoms with Gasteiger partial charge in [0.2, 0.25) is 5.91 Å². The number of amides is 1. The Hall–Kier alpha value is -1.42. The SMILES string of the molecule is CC(=O)NCCNC1CC(c2ccccc2F)C1. The third kappa shape index (κ3) is 3.29. The minimum absolute atomic E-state index is 0.00496. The summed E-state index contributed by atoms with van der Waals surface area (Å²) >= 11 is 0. The highest BCUT2D eigenvalue weighted by atomic mass is 19.1. The van der Waals surface area contributed by atoms with E-state index in [1.54, 1.807) is 6.07 Å². The first kappa shape index (κ1) is 13.0. The molecule has 2 rings (SSSR count). The fraction of sp³-hybridized carbons (Fsp3) is 0.500. The normalized spacial score (nSPS) is 22.3. The van der Waals surface area contributed by atoms with Gasteiger partial charge in [0, 0.05) is 26.1 Å². The Balaban J connectivity index is 1.68. The first-order valence-electron chi connectivity index (χ1n) is 6.39. The van der Waals surface area contributed by atoms with Crippen molar-refractivity contribution in [2.75, 3.05) is 13.1 Å². The van der Waals surface area contributed by atoms with Crippen LogP contribution in [0.3, 0.4) is 0 Å². The fourth-order valence-corrected chi connectivity index (χ4v) is 2.36. The molecule has 1 aliphatic carbocycles. The maximum atomic E-state index is 13.5. The highest BCUT2D eigenvalue weighted by molar-refractivity contribution is 5.72. The molecule has 3 nitrogen and oxygen atoms in total. The van der Waals surface area contributed by atoms with Gasteiger partial charge in [-0.15, -0.1) is 0 Å². The lowest BCUT2D eigenvalue weighted by Crippen LogP contribution is -2.43. The van der Waals surface area contributed by atoms with Gasteiger partial charge in [-0.05, 0) is 30.4 Å². The van der Waals surface area contributed by atoms with Crippen LogP contribution in [0, 0.1) is 5.82 Å². The molecule has 1 aromatic rings. The molecule has 0 bridgehead atoms. The molecule has 0 unspecified atom stereocenters. The van der Waals surface area contributed by atoms with Crippen LogP contribution < -0.4 is 10.6 Å². The molecule has 98 valence electrons. The summed E-state index contributed by atoms with van der Waals surface area (Å²) in [6.45, 7) is 2.93. The number of rotatable bonds is 5. The molecule has 0 radical (unpaired) electrons. The molecule has 1 fully saturated rings. The Morgan fingerprint density at radius 1 is 1.33 bits per heavy atom. The molecule has 0 aliphatic heterocycles. The number of hydrogen-bond acceptors (Lipinski definition) is 2. The molecular weight excluding hydrogens is 231 g/mol. The number of benzene rings is 1. The van der Waals surface area contributed by atoms with Gasteiger partial charge in [-0.2, -0.15) is 0 Å². The molecule has 0 aromatic heterocycles.